The summed E-state index contributed by atoms with van der Waals surface area (Å²) in [5.74, 6) is 0.287. The predicted molar refractivity (Wildman–Crippen MR) is 37.5 cm³/mol. The second-order valence-electron chi connectivity index (χ2n) is 1.98. The molecule has 1 aliphatic rings. The predicted octanol–water partition coefficient (Wildman–Crippen LogP) is -1.98. The molecule has 0 saturated heterocycles. The van der Waals surface area contributed by atoms with E-state index in [-0.39, 0.29) is 12.5 Å². The van der Waals surface area contributed by atoms with Crippen molar-refractivity contribution in [1.29, 1.82) is 0 Å². The Morgan fingerprint density at radius 1 is 1.90 bits per heavy atom. The number of rotatable bonds is 2. The van der Waals surface area contributed by atoms with Crippen LogP contribution < -0.4 is 16.4 Å². The van der Waals surface area contributed by atoms with Crippen molar-refractivity contribution in [1.82, 2.24) is 10.6 Å². The maximum atomic E-state index is 10.2. The molecule has 0 aromatic rings. The molecule has 5 heteroatoms. The minimum Gasteiger partial charge on any atom is -0.368 e. The molecule has 1 rings (SSSR count). The largest absolute Gasteiger partial charge is 0.368 e. The molecular formula is C5H10N4O. The summed E-state index contributed by atoms with van der Waals surface area (Å²) in [6.07, 6.45) is 0. The molecule has 0 saturated carbocycles. The number of nitrogens with one attached hydrogen (secondary N) is 2. The molecule has 0 aromatic carbocycles. The van der Waals surface area contributed by atoms with E-state index in [2.05, 4.69) is 15.6 Å². The van der Waals surface area contributed by atoms with E-state index in [1.807, 2.05) is 0 Å². The fourth-order valence-corrected chi connectivity index (χ4v) is 0.687. The van der Waals surface area contributed by atoms with Crippen molar-refractivity contribution < 1.29 is 4.79 Å². The van der Waals surface area contributed by atoms with Crippen molar-refractivity contribution in [2.45, 2.75) is 0 Å². The quantitative estimate of drug-likeness (QED) is 0.418. The topological polar surface area (TPSA) is 79.5 Å². The zero-order chi connectivity index (χ0) is 7.40. The standard InChI is InChI=1S/C5H10N4O/c6-4(10)3-9-5-7-1-2-8-5/h1-3H2,(H2,6,10)(H2,7,8,9). The summed E-state index contributed by atoms with van der Waals surface area (Å²) >= 11 is 0. The molecule has 0 aromatic heterocycles. The molecule has 1 aliphatic heterocycles. The highest BCUT2D eigenvalue weighted by molar-refractivity contribution is 5.86. The Morgan fingerprint density at radius 3 is 3.20 bits per heavy atom. The number of aliphatic imine (C=N–C) groups is 1. The molecule has 0 aliphatic carbocycles. The minimum absolute atomic E-state index is 0.145. The number of amides is 1. The smallest absolute Gasteiger partial charge is 0.236 e. The van der Waals surface area contributed by atoms with E-state index in [4.69, 9.17) is 5.73 Å². The van der Waals surface area contributed by atoms with E-state index >= 15 is 0 Å². The average molecular weight is 142 g/mol. The fourth-order valence-electron chi connectivity index (χ4n) is 0.687. The molecule has 1 amide bonds. The van der Waals surface area contributed by atoms with Gasteiger partial charge in [-0.2, -0.15) is 0 Å². The Morgan fingerprint density at radius 2 is 2.70 bits per heavy atom. The van der Waals surface area contributed by atoms with E-state index in [0.29, 0.717) is 5.96 Å². The number of primary amides is 1. The van der Waals surface area contributed by atoms with Crippen LogP contribution >= 0.6 is 0 Å². The minimum atomic E-state index is -0.378. The van der Waals surface area contributed by atoms with Gasteiger partial charge in [-0.05, 0) is 0 Å². The first-order valence-corrected chi connectivity index (χ1v) is 3.09. The van der Waals surface area contributed by atoms with Gasteiger partial charge in [0, 0.05) is 6.54 Å². The summed E-state index contributed by atoms with van der Waals surface area (Å²) in [5, 5.41) is 5.69. The van der Waals surface area contributed by atoms with Gasteiger partial charge in [0.15, 0.2) is 5.96 Å². The summed E-state index contributed by atoms with van der Waals surface area (Å²) in [7, 11) is 0. The zero-order valence-corrected chi connectivity index (χ0v) is 5.55. The lowest BCUT2D eigenvalue weighted by atomic mass is 10.6. The summed E-state index contributed by atoms with van der Waals surface area (Å²) in [4.78, 5) is 14.2. The Bertz CT molecular complexity index is 165. The number of carbonyl (C=O) groups excluding carboxylic acids is 1. The molecule has 10 heavy (non-hydrogen) atoms. The van der Waals surface area contributed by atoms with Crippen LogP contribution in [0.1, 0.15) is 0 Å². The van der Waals surface area contributed by atoms with E-state index in [1.165, 1.54) is 0 Å². The third-order valence-electron chi connectivity index (χ3n) is 1.10. The first-order valence-electron chi connectivity index (χ1n) is 3.09. The van der Waals surface area contributed by atoms with Crippen molar-refractivity contribution in [2.24, 2.45) is 10.7 Å². The van der Waals surface area contributed by atoms with Crippen LogP contribution in [0.25, 0.3) is 0 Å². The summed E-state index contributed by atoms with van der Waals surface area (Å²) in [6.45, 7) is 1.74. The van der Waals surface area contributed by atoms with Gasteiger partial charge in [0.05, 0.1) is 13.1 Å². The summed E-state index contributed by atoms with van der Waals surface area (Å²) in [5.41, 5.74) is 4.89. The first-order chi connectivity index (χ1) is 4.79. The molecule has 0 spiro atoms. The number of nitrogens with zero attached hydrogens (tertiary/aromatic N) is 1. The average Bonchev–Trinajstić information content (AvgIpc) is 2.34. The van der Waals surface area contributed by atoms with Gasteiger partial charge in [-0.25, -0.2) is 0 Å². The van der Waals surface area contributed by atoms with Crippen LogP contribution in [-0.2, 0) is 4.79 Å². The lowest BCUT2D eigenvalue weighted by molar-refractivity contribution is -0.116. The second kappa shape index (κ2) is 3.05. The lowest BCUT2D eigenvalue weighted by Gasteiger charge is -2.01. The van der Waals surface area contributed by atoms with Crippen molar-refractivity contribution in [3.63, 3.8) is 0 Å². The highest BCUT2D eigenvalue weighted by atomic mass is 16.1. The second-order valence-corrected chi connectivity index (χ2v) is 1.98. The van der Waals surface area contributed by atoms with Crippen LogP contribution in [0, 0.1) is 0 Å². The number of carbonyl (C=O) groups is 1. The number of hydrogen-bond acceptors (Lipinski definition) is 4. The molecule has 0 radical (unpaired) electrons. The van der Waals surface area contributed by atoms with Gasteiger partial charge >= 0.3 is 0 Å². The van der Waals surface area contributed by atoms with Gasteiger partial charge in [0.25, 0.3) is 0 Å². The first kappa shape index (κ1) is 6.85. The third-order valence-corrected chi connectivity index (χ3v) is 1.10. The molecule has 1 heterocycles. The van der Waals surface area contributed by atoms with Crippen molar-refractivity contribution in [3.8, 4) is 0 Å². The van der Waals surface area contributed by atoms with Crippen LogP contribution in [0.3, 0.4) is 0 Å². The summed E-state index contributed by atoms with van der Waals surface area (Å²) < 4.78 is 0. The maximum Gasteiger partial charge on any atom is 0.236 e. The van der Waals surface area contributed by atoms with Gasteiger partial charge in [-0.15, -0.1) is 0 Å². The van der Waals surface area contributed by atoms with E-state index < -0.39 is 0 Å². The van der Waals surface area contributed by atoms with Crippen molar-refractivity contribution in [3.05, 3.63) is 0 Å². The molecule has 5 nitrogen and oxygen atoms in total. The summed E-state index contributed by atoms with van der Waals surface area (Å²) in [6, 6.07) is 0. The monoisotopic (exact) mass is 142 g/mol. The number of guanidine groups is 1. The molecule has 0 fully saturated rings. The maximum absolute atomic E-state index is 10.2. The Balaban J connectivity index is 2.19. The van der Waals surface area contributed by atoms with Crippen LogP contribution in [0.4, 0.5) is 0 Å². The van der Waals surface area contributed by atoms with Gasteiger partial charge in [0.2, 0.25) is 5.91 Å². The van der Waals surface area contributed by atoms with Crippen LogP contribution in [0.5, 0.6) is 0 Å². The van der Waals surface area contributed by atoms with E-state index in [0.717, 1.165) is 13.1 Å². The Hall–Kier alpha value is -1.26. The van der Waals surface area contributed by atoms with E-state index in [9.17, 15) is 4.79 Å². The molecule has 0 unspecified atom stereocenters. The fraction of sp³-hybridized carbons (Fsp3) is 0.600. The van der Waals surface area contributed by atoms with Gasteiger partial charge in [-0.3, -0.25) is 9.79 Å². The zero-order valence-electron chi connectivity index (χ0n) is 5.55. The molecule has 0 bridgehead atoms. The highest BCUT2D eigenvalue weighted by Crippen LogP contribution is 1.79. The van der Waals surface area contributed by atoms with Gasteiger partial charge < -0.3 is 16.4 Å². The Labute approximate surface area is 58.7 Å². The molecule has 56 valence electrons. The highest BCUT2D eigenvalue weighted by Gasteiger charge is 2.03. The van der Waals surface area contributed by atoms with Gasteiger partial charge in [-0.1, -0.05) is 0 Å². The van der Waals surface area contributed by atoms with E-state index in [1.54, 1.807) is 0 Å². The molecule has 0 atom stereocenters. The van der Waals surface area contributed by atoms with Crippen LogP contribution in [-0.4, -0.2) is 31.5 Å². The molecular weight excluding hydrogens is 132 g/mol. The van der Waals surface area contributed by atoms with Gasteiger partial charge in [0.1, 0.15) is 0 Å². The molecule has 4 N–H and O–H groups in total. The lowest BCUT2D eigenvalue weighted by Crippen LogP contribution is -2.39. The Kier molecular flexibility index (Phi) is 2.09. The third kappa shape index (κ3) is 1.93. The van der Waals surface area contributed by atoms with Crippen LogP contribution in [0.2, 0.25) is 0 Å². The SMILES string of the molecule is NC(=O)CNC1=NCCN1. The van der Waals surface area contributed by atoms with Crippen molar-refractivity contribution >= 4 is 11.9 Å². The van der Waals surface area contributed by atoms with Crippen molar-refractivity contribution in [2.75, 3.05) is 19.6 Å². The number of nitrogens with two attached hydrogens (primary N) is 1. The van der Waals surface area contributed by atoms with Crippen LogP contribution in [0.15, 0.2) is 4.99 Å². The number of hydrogen-bond donors (Lipinski definition) is 3. The normalized spacial score (nSPS) is 15.8.